The second-order valence-electron chi connectivity index (χ2n) is 5.83. The molecule has 0 radical (unpaired) electrons. The highest BCUT2D eigenvalue weighted by molar-refractivity contribution is 5.76. The Morgan fingerprint density at radius 1 is 1.15 bits per heavy atom. The van der Waals surface area contributed by atoms with Gasteiger partial charge in [0.25, 0.3) is 0 Å². The molecule has 1 saturated carbocycles. The van der Waals surface area contributed by atoms with Gasteiger partial charge in [0.05, 0.1) is 13.0 Å². The summed E-state index contributed by atoms with van der Waals surface area (Å²) in [6.45, 7) is 6.71. The summed E-state index contributed by atoms with van der Waals surface area (Å²) < 4.78 is 5.39. The molecule has 118 valence electrons. The molecule has 20 heavy (non-hydrogen) atoms. The van der Waals surface area contributed by atoms with Crippen molar-refractivity contribution in [2.24, 2.45) is 0 Å². The van der Waals surface area contributed by atoms with Crippen molar-refractivity contribution < 1.29 is 9.53 Å². The Hall–Kier alpha value is -0.610. The largest absolute Gasteiger partial charge is 0.381 e. The Kier molecular flexibility index (Phi) is 8.86. The zero-order chi connectivity index (χ0) is 14.8. The molecule has 1 aliphatic carbocycles. The molecule has 1 amide bonds. The minimum atomic E-state index is 0.228. The molecule has 0 aromatic carbocycles. The first kappa shape index (κ1) is 17.4. The highest BCUT2D eigenvalue weighted by Crippen LogP contribution is 2.22. The molecule has 0 heterocycles. The smallest absolute Gasteiger partial charge is 0.224 e. The van der Waals surface area contributed by atoms with Crippen LogP contribution >= 0.6 is 0 Å². The van der Waals surface area contributed by atoms with E-state index in [1.165, 1.54) is 19.3 Å². The van der Waals surface area contributed by atoms with Gasteiger partial charge in [-0.1, -0.05) is 13.8 Å². The van der Waals surface area contributed by atoms with Crippen LogP contribution in [0.3, 0.4) is 0 Å². The average molecular weight is 284 g/mol. The number of carbonyl (C=O) groups excluding carboxylic acids is 1. The van der Waals surface area contributed by atoms with E-state index in [-0.39, 0.29) is 5.91 Å². The molecule has 0 unspecified atom stereocenters. The maximum absolute atomic E-state index is 12.1. The van der Waals surface area contributed by atoms with Crippen LogP contribution in [0, 0.1) is 0 Å². The third-order valence-corrected chi connectivity index (χ3v) is 4.13. The second-order valence-corrected chi connectivity index (χ2v) is 5.83. The first-order valence-electron chi connectivity index (χ1n) is 8.25. The first-order chi connectivity index (χ1) is 9.69. The van der Waals surface area contributed by atoms with E-state index in [1.807, 2.05) is 11.9 Å². The zero-order valence-corrected chi connectivity index (χ0v) is 13.5. The van der Waals surface area contributed by atoms with Crippen LogP contribution in [0.5, 0.6) is 0 Å². The third kappa shape index (κ3) is 6.23. The summed E-state index contributed by atoms with van der Waals surface area (Å²) in [6, 6.07) is 1.08. The fraction of sp³-hybridized carbons (Fsp3) is 0.938. The van der Waals surface area contributed by atoms with Crippen LogP contribution in [0.25, 0.3) is 0 Å². The van der Waals surface area contributed by atoms with Crippen LogP contribution in [0.1, 0.15) is 58.8 Å². The van der Waals surface area contributed by atoms with Gasteiger partial charge in [0, 0.05) is 25.7 Å². The van der Waals surface area contributed by atoms with Gasteiger partial charge in [0.15, 0.2) is 0 Å². The Morgan fingerprint density at radius 3 is 2.45 bits per heavy atom. The van der Waals surface area contributed by atoms with Crippen LogP contribution in [-0.4, -0.2) is 49.7 Å². The molecule has 4 heteroatoms. The van der Waals surface area contributed by atoms with Crippen molar-refractivity contribution >= 4 is 5.91 Å². The van der Waals surface area contributed by atoms with Crippen LogP contribution in [0.15, 0.2) is 0 Å². The van der Waals surface area contributed by atoms with E-state index >= 15 is 0 Å². The lowest BCUT2D eigenvalue weighted by molar-refractivity contribution is -0.133. The first-order valence-corrected chi connectivity index (χ1v) is 8.25. The van der Waals surface area contributed by atoms with Gasteiger partial charge in [-0.3, -0.25) is 4.79 Å². The van der Waals surface area contributed by atoms with Crippen LogP contribution in [0.2, 0.25) is 0 Å². The van der Waals surface area contributed by atoms with Gasteiger partial charge < -0.3 is 15.0 Å². The highest BCUT2D eigenvalue weighted by atomic mass is 16.5. The van der Waals surface area contributed by atoms with Crippen LogP contribution in [0.4, 0.5) is 0 Å². The Balaban J connectivity index is 2.20. The van der Waals surface area contributed by atoms with E-state index in [0.29, 0.717) is 25.1 Å². The molecular weight excluding hydrogens is 252 g/mol. The van der Waals surface area contributed by atoms with E-state index in [2.05, 4.69) is 19.2 Å². The minimum Gasteiger partial charge on any atom is -0.381 e. The topological polar surface area (TPSA) is 41.6 Å². The van der Waals surface area contributed by atoms with Crippen molar-refractivity contribution in [2.45, 2.75) is 70.9 Å². The molecule has 1 rings (SSSR count). The van der Waals surface area contributed by atoms with E-state index < -0.39 is 0 Å². The third-order valence-electron chi connectivity index (χ3n) is 4.13. The fourth-order valence-corrected chi connectivity index (χ4v) is 2.80. The fourth-order valence-electron chi connectivity index (χ4n) is 2.80. The predicted molar refractivity (Wildman–Crippen MR) is 82.8 cm³/mol. The predicted octanol–water partition coefficient (Wildman–Crippen LogP) is 2.57. The summed E-state index contributed by atoms with van der Waals surface area (Å²) in [6.07, 6.45) is 7.35. The molecule has 0 aliphatic heterocycles. The molecule has 0 bridgehead atoms. The summed E-state index contributed by atoms with van der Waals surface area (Å²) in [5.41, 5.74) is 0. The van der Waals surface area contributed by atoms with E-state index in [9.17, 15) is 4.79 Å². The highest BCUT2D eigenvalue weighted by Gasteiger charge is 2.25. The van der Waals surface area contributed by atoms with Gasteiger partial charge in [-0.05, 0) is 45.1 Å². The van der Waals surface area contributed by atoms with E-state index in [1.54, 1.807) is 0 Å². The van der Waals surface area contributed by atoms with Crippen molar-refractivity contribution in [3.05, 3.63) is 0 Å². The van der Waals surface area contributed by atoms with Gasteiger partial charge >= 0.3 is 0 Å². The summed E-state index contributed by atoms with van der Waals surface area (Å²) in [4.78, 5) is 14.0. The standard InChI is InChI=1S/C16H32N2O2/c1-4-11-17-14-6-8-15(9-7-14)18(3)16(19)10-13-20-12-5-2/h14-15,17H,4-13H2,1-3H3. The molecule has 1 fully saturated rings. The Bertz CT molecular complexity index is 263. The maximum atomic E-state index is 12.1. The lowest BCUT2D eigenvalue weighted by atomic mass is 9.90. The Morgan fingerprint density at radius 2 is 1.85 bits per heavy atom. The van der Waals surface area contributed by atoms with Gasteiger partial charge in [-0.2, -0.15) is 0 Å². The summed E-state index contributed by atoms with van der Waals surface area (Å²) >= 11 is 0. The molecule has 0 spiro atoms. The zero-order valence-electron chi connectivity index (χ0n) is 13.5. The molecule has 0 aromatic heterocycles. The number of amides is 1. The second kappa shape index (κ2) is 10.2. The number of nitrogens with zero attached hydrogens (tertiary/aromatic N) is 1. The van der Waals surface area contributed by atoms with Crippen molar-refractivity contribution in [3.8, 4) is 0 Å². The van der Waals surface area contributed by atoms with Gasteiger partial charge in [0.2, 0.25) is 5.91 Å². The summed E-state index contributed by atoms with van der Waals surface area (Å²) in [5, 5.41) is 3.58. The molecule has 0 aromatic rings. The number of nitrogens with one attached hydrogen (secondary N) is 1. The van der Waals surface area contributed by atoms with Gasteiger partial charge in [0.1, 0.15) is 0 Å². The average Bonchev–Trinajstić information content (AvgIpc) is 2.49. The summed E-state index contributed by atoms with van der Waals surface area (Å²) in [7, 11) is 1.95. The van der Waals surface area contributed by atoms with Crippen LogP contribution < -0.4 is 5.32 Å². The molecule has 0 saturated heterocycles. The lowest BCUT2D eigenvalue weighted by Crippen LogP contribution is -2.43. The Labute approximate surface area is 124 Å². The lowest BCUT2D eigenvalue weighted by Gasteiger charge is -2.35. The van der Waals surface area contributed by atoms with Gasteiger partial charge in [-0.25, -0.2) is 0 Å². The van der Waals surface area contributed by atoms with E-state index in [0.717, 1.165) is 32.4 Å². The van der Waals surface area contributed by atoms with Crippen molar-refractivity contribution in [3.63, 3.8) is 0 Å². The summed E-state index contributed by atoms with van der Waals surface area (Å²) in [5.74, 6) is 0.228. The van der Waals surface area contributed by atoms with E-state index in [4.69, 9.17) is 4.74 Å². The number of hydrogen-bond donors (Lipinski definition) is 1. The quantitative estimate of drug-likeness (QED) is 0.662. The number of hydrogen-bond acceptors (Lipinski definition) is 3. The molecule has 1 aliphatic rings. The minimum absolute atomic E-state index is 0.228. The monoisotopic (exact) mass is 284 g/mol. The van der Waals surface area contributed by atoms with Crippen LogP contribution in [-0.2, 0) is 9.53 Å². The molecule has 4 nitrogen and oxygen atoms in total. The van der Waals surface area contributed by atoms with Crippen molar-refractivity contribution in [2.75, 3.05) is 26.8 Å². The molecule has 1 N–H and O–H groups in total. The molecule has 0 atom stereocenters. The molecular formula is C16H32N2O2. The maximum Gasteiger partial charge on any atom is 0.224 e. The van der Waals surface area contributed by atoms with Crippen molar-refractivity contribution in [1.29, 1.82) is 0 Å². The van der Waals surface area contributed by atoms with Crippen molar-refractivity contribution in [1.82, 2.24) is 10.2 Å². The number of rotatable bonds is 9. The SMILES string of the molecule is CCCNC1CCC(N(C)C(=O)CCOCCC)CC1. The van der Waals surface area contributed by atoms with Gasteiger partial charge in [-0.15, -0.1) is 0 Å². The normalized spacial score (nSPS) is 22.8. The number of ether oxygens (including phenoxy) is 1. The number of carbonyl (C=O) groups is 1.